The average molecular weight is 275 g/mol. The van der Waals surface area contributed by atoms with Crippen molar-refractivity contribution in [2.75, 3.05) is 14.2 Å². The second-order valence-electron chi connectivity index (χ2n) is 5.82. The summed E-state index contributed by atoms with van der Waals surface area (Å²) in [5, 5.41) is 3.18. The molecule has 1 N–H and O–H groups in total. The lowest BCUT2D eigenvalue weighted by molar-refractivity contribution is 0.0922. The largest absolute Gasteiger partial charge is 0.493 e. The van der Waals surface area contributed by atoms with Gasteiger partial charge in [0, 0.05) is 11.6 Å². The van der Waals surface area contributed by atoms with Gasteiger partial charge in [-0.15, -0.1) is 0 Å². The van der Waals surface area contributed by atoms with E-state index in [1.165, 1.54) is 19.3 Å². The van der Waals surface area contributed by atoms with Gasteiger partial charge in [0.2, 0.25) is 0 Å². The van der Waals surface area contributed by atoms with E-state index in [1.807, 2.05) is 0 Å². The lowest BCUT2D eigenvalue weighted by Gasteiger charge is -2.23. The molecule has 20 heavy (non-hydrogen) atoms. The van der Waals surface area contributed by atoms with Crippen LogP contribution in [0.1, 0.15) is 36.0 Å². The Balaban J connectivity index is 1.71. The van der Waals surface area contributed by atoms with E-state index in [2.05, 4.69) is 5.32 Å². The van der Waals surface area contributed by atoms with E-state index < -0.39 is 0 Å². The summed E-state index contributed by atoms with van der Waals surface area (Å²) in [6.07, 6.45) is 5.04. The molecule has 3 atom stereocenters. The standard InChI is InChI=1S/C16H21NO3/c1-19-14-6-5-12(9-15(14)20-2)16(18)17-13-8-10-3-4-11(13)7-10/h5-6,9-11,13H,3-4,7-8H2,1-2H3,(H,17,18)/t10-,11+,13+/m0/s1. The van der Waals surface area contributed by atoms with Crippen molar-refractivity contribution >= 4 is 5.91 Å². The zero-order valence-electron chi connectivity index (χ0n) is 12.0. The maximum atomic E-state index is 12.3. The molecule has 2 bridgehead atoms. The number of carbonyl (C=O) groups excluding carboxylic acids is 1. The predicted octanol–water partition coefficient (Wildman–Crippen LogP) is 2.62. The van der Waals surface area contributed by atoms with Crippen molar-refractivity contribution in [3.05, 3.63) is 23.8 Å². The first-order valence-corrected chi connectivity index (χ1v) is 7.24. The number of fused-ring (bicyclic) bond motifs is 2. The Labute approximate surface area is 119 Å². The monoisotopic (exact) mass is 275 g/mol. The van der Waals surface area contributed by atoms with Gasteiger partial charge in [-0.05, 0) is 49.3 Å². The highest BCUT2D eigenvalue weighted by atomic mass is 16.5. The van der Waals surface area contributed by atoms with E-state index in [-0.39, 0.29) is 5.91 Å². The molecule has 4 nitrogen and oxygen atoms in total. The summed E-state index contributed by atoms with van der Waals surface area (Å²) in [5.74, 6) is 2.74. The molecule has 2 aliphatic carbocycles. The van der Waals surface area contributed by atoms with Crippen molar-refractivity contribution < 1.29 is 14.3 Å². The first-order valence-electron chi connectivity index (χ1n) is 7.24. The molecular formula is C16H21NO3. The van der Waals surface area contributed by atoms with E-state index in [0.717, 1.165) is 12.3 Å². The summed E-state index contributed by atoms with van der Waals surface area (Å²) in [5.41, 5.74) is 0.630. The zero-order valence-corrected chi connectivity index (χ0v) is 12.0. The lowest BCUT2D eigenvalue weighted by Crippen LogP contribution is -2.38. The van der Waals surface area contributed by atoms with Crippen molar-refractivity contribution in [3.63, 3.8) is 0 Å². The number of benzene rings is 1. The molecule has 0 heterocycles. The summed E-state index contributed by atoms with van der Waals surface area (Å²) in [6.45, 7) is 0. The minimum absolute atomic E-state index is 0.0106. The SMILES string of the molecule is COc1ccc(C(=O)N[C@@H]2C[C@H]3CC[C@@H]2C3)cc1OC. The molecule has 0 aromatic heterocycles. The summed E-state index contributed by atoms with van der Waals surface area (Å²) < 4.78 is 10.4. The van der Waals surface area contributed by atoms with Crippen LogP contribution in [0.4, 0.5) is 0 Å². The van der Waals surface area contributed by atoms with E-state index in [4.69, 9.17) is 9.47 Å². The molecular weight excluding hydrogens is 254 g/mol. The summed E-state index contributed by atoms with van der Waals surface area (Å²) in [7, 11) is 3.17. The van der Waals surface area contributed by atoms with E-state index in [9.17, 15) is 4.79 Å². The highest BCUT2D eigenvalue weighted by molar-refractivity contribution is 5.95. The summed E-state index contributed by atoms with van der Waals surface area (Å²) in [6, 6.07) is 5.65. The van der Waals surface area contributed by atoms with Crippen molar-refractivity contribution in [2.24, 2.45) is 11.8 Å². The van der Waals surface area contributed by atoms with Crippen molar-refractivity contribution in [3.8, 4) is 11.5 Å². The fourth-order valence-electron chi connectivity index (χ4n) is 3.65. The molecule has 3 rings (SSSR count). The van der Waals surface area contributed by atoms with Crippen molar-refractivity contribution in [1.29, 1.82) is 0 Å². The number of rotatable bonds is 4. The van der Waals surface area contributed by atoms with Gasteiger partial charge in [0.25, 0.3) is 5.91 Å². The first kappa shape index (κ1) is 13.3. The third-order valence-corrected chi connectivity index (χ3v) is 4.70. The molecule has 0 saturated heterocycles. The Morgan fingerprint density at radius 3 is 2.55 bits per heavy atom. The molecule has 1 aromatic rings. The molecule has 1 aromatic carbocycles. The van der Waals surface area contributed by atoms with Crippen LogP contribution in [0.15, 0.2) is 18.2 Å². The van der Waals surface area contributed by atoms with Crippen LogP contribution in [0.2, 0.25) is 0 Å². The van der Waals surface area contributed by atoms with Gasteiger partial charge in [-0.2, -0.15) is 0 Å². The van der Waals surface area contributed by atoms with Crippen LogP contribution in [0.3, 0.4) is 0 Å². The molecule has 0 spiro atoms. The predicted molar refractivity (Wildman–Crippen MR) is 76.2 cm³/mol. The van der Waals surface area contributed by atoms with E-state index >= 15 is 0 Å². The molecule has 2 aliphatic rings. The third-order valence-electron chi connectivity index (χ3n) is 4.70. The van der Waals surface area contributed by atoms with Gasteiger partial charge in [-0.3, -0.25) is 4.79 Å². The van der Waals surface area contributed by atoms with Crippen molar-refractivity contribution in [2.45, 2.75) is 31.7 Å². The van der Waals surface area contributed by atoms with Crippen LogP contribution in [0, 0.1) is 11.8 Å². The fourth-order valence-corrected chi connectivity index (χ4v) is 3.65. The Hall–Kier alpha value is -1.71. The minimum Gasteiger partial charge on any atom is -0.493 e. The quantitative estimate of drug-likeness (QED) is 0.919. The third kappa shape index (κ3) is 2.35. The Kier molecular flexibility index (Phi) is 3.55. The summed E-state index contributed by atoms with van der Waals surface area (Å²) in [4.78, 5) is 12.3. The fraction of sp³-hybridized carbons (Fsp3) is 0.562. The lowest BCUT2D eigenvalue weighted by atomic mass is 9.95. The Morgan fingerprint density at radius 2 is 1.95 bits per heavy atom. The minimum atomic E-state index is -0.0106. The number of hydrogen-bond acceptors (Lipinski definition) is 3. The topological polar surface area (TPSA) is 47.6 Å². The van der Waals surface area contributed by atoms with E-state index in [1.54, 1.807) is 32.4 Å². The normalized spacial score (nSPS) is 27.4. The van der Waals surface area contributed by atoms with Gasteiger partial charge in [-0.25, -0.2) is 0 Å². The maximum absolute atomic E-state index is 12.3. The van der Waals surface area contributed by atoms with Crippen LogP contribution in [0.25, 0.3) is 0 Å². The number of methoxy groups -OCH3 is 2. The highest BCUT2D eigenvalue weighted by Gasteiger charge is 2.40. The number of nitrogens with one attached hydrogen (secondary N) is 1. The van der Waals surface area contributed by atoms with Crippen LogP contribution in [0.5, 0.6) is 11.5 Å². The van der Waals surface area contributed by atoms with Gasteiger partial charge in [0.1, 0.15) is 0 Å². The summed E-state index contributed by atoms with van der Waals surface area (Å²) >= 11 is 0. The number of amides is 1. The maximum Gasteiger partial charge on any atom is 0.251 e. The first-order chi connectivity index (χ1) is 9.71. The number of ether oxygens (including phenoxy) is 2. The molecule has 4 heteroatoms. The molecule has 0 radical (unpaired) electrons. The van der Waals surface area contributed by atoms with Crippen molar-refractivity contribution in [1.82, 2.24) is 5.32 Å². The Morgan fingerprint density at radius 1 is 1.15 bits per heavy atom. The molecule has 108 valence electrons. The smallest absolute Gasteiger partial charge is 0.251 e. The molecule has 0 aliphatic heterocycles. The van der Waals surface area contributed by atoms with Crippen LogP contribution >= 0.6 is 0 Å². The van der Waals surface area contributed by atoms with E-state index in [0.29, 0.717) is 29.0 Å². The molecule has 0 unspecified atom stereocenters. The van der Waals surface area contributed by atoms with Gasteiger partial charge < -0.3 is 14.8 Å². The second-order valence-corrected chi connectivity index (χ2v) is 5.82. The van der Waals surface area contributed by atoms with Gasteiger partial charge >= 0.3 is 0 Å². The zero-order chi connectivity index (χ0) is 14.1. The van der Waals surface area contributed by atoms with Gasteiger partial charge in [0.05, 0.1) is 14.2 Å². The van der Waals surface area contributed by atoms with Crippen LogP contribution < -0.4 is 14.8 Å². The second kappa shape index (κ2) is 5.35. The average Bonchev–Trinajstić information content (AvgIpc) is 3.09. The molecule has 2 fully saturated rings. The van der Waals surface area contributed by atoms with Crippen LogP contribution in [-0.4, -0.2) is 26.2 Å². The molecule has 2 saturated carbocycles. The van der Waals surface area contributed by atoms with Gasteiger partial charge in [0.15, 0.2) is 11.5 Å². The Bertz CT molecular complexity index is 514. The molecule has 1 amide bonds. The number of carbonyl (C=O) groups is 1. The van der Waals surface area contributed by atoms with Gasteiger partial charge in [-0.1, -0.05) is 6.42 Å². The van der Waals surface area contributed by atoms with Crippen LogP contribution in [-0.2, 0) is 0 Å². The number of hydrogen-bond donors (Lipinski definition) is 1. The highest BCUT2D eigenvalue weighted by Crippen LogP contribution is 2.44.